The van der Waals surface area contributed by atoms with E-state index in [4.69, 9.17) is 9.72 Å². The smallest absolute Gasteiger partial charge is 0.126 e. The molecular weight excluding hydrogens is 248 g/mol. The molecule has 0 aromatic carbocycles. The van der Waals surface area contributed by atoms with Crippen LogP contribution in [0.2, 0.25) is 0 Å². The molecule has 2 aromatic rings. The number of ether oxygens (including phenoxy) is 1. The third kappa shape index (κ3) is 1.65. The van der Waals surface area contributed by atoms with Gasteiger partial charge in [-0.15, -0.1) is 0 Å². The molecule has 0 amide bonds. The van der Waals surface area contributed by atoms with Gasteiger partial charge in [0.2, 0.25) is 0 Å². The van der Waals surface area contributed by atoms with E-state index in [2.05, 4.69) is 31.0 Å². The zero-order chi connectivity index (χ0) is 13.7. The van der Waals surface area contributed by atoms with Gasteiger partial charge in [-0.05, 0) is 43.9 Å². The fourth-order valence-corrected chi connectivity index (χ4v) is 3.63. The molecule has 3 heteroatoms. The predicted octanol–water partition coefficient (Wildman–Crippen LogP) is 3.11. The number of nitrogens with zero attached hydrogens (tertiary/aromatic N) is 2. The zero-order valence-electron chi connectivity index (χ0n) is 11.9. The number of fused-ring (bicyclic) bond motifs is 2. The lowest BCUT2D eigenvalue weighted by Crippen LogP contribution is -2.04. The van der Waals surface area contributed by atoms with E-state index in [9.17, 15) is 0 Å². The van der Waals surface area contributed by atoms with Crippen LogP contribution < -0.4 is 4.74 Å². The molecule has 0 spiro atoms. The van der Waals surface area contributed by atoms with Crippen LogP contribution in [0.15, 0.2) is 18.3 Å². The summed E-state index contributed by atoms with van der Waals surface area (Å²) in [6.45, 7) is 5.00. The van der Waals surface area contributed by atoms with Gasteiger partial charge >= 0.3 is 0 Å². The minimum Gasteiger partial charge on any atom is -0.493 e. The summed E-state index contributed by atoms with van der Waals surface area (Å²) in [7, 11) is 0. The molecular formula is C17H18N2O. The summed E-state index contributed by atoms with van der Waals surface area (Å²) in [6, 6.07) is 4.31. The SMILES string of the molecule is Cc1nc(C2CCc3ccnc(C)c32)cc2c1CCO2. The maximum atomic E-state index is 5.74. The van der Waals surface area contributed by atoms with Gasteiger partial charge < -0.3 is 4.74 Å². The van der Waals surface area contributed by atoms with Crippen molar-refractivity contribution in [1.29, 1.82) is 0 Å². The third-order valence-corrected chi connectivity index (χ3v) is 4.61. The highest BCUT2D eigenvalue weighted by Gasteiger charge is 2.29. The van der Waals surface area contributed by atoms with Crippen LogP contribution in [-0.2, 0) is 12.8 Å². The number of hydrogen-bond donors (Lipinski definition) is 0. The highest BCUT2D eigenvalue weighted by molar-refractivity contribution is 5.47. The van der Waals surface area contributed by atoms with Crippen molar-refractivity contribution in [1.82, 2.24) is 9.97 Å². The largest absolute Gasteiger partial charge is 0.493 e. The molecule has 0 radical (unpaired) electrons. The highest BCUT2D eigenvalue weighted by atomic mass is 16.5. The Hall–Kier alpha value is -1.90. The molecule has 4 rings (SSSR count). The van der Waals surface area contributed by atoms with Gasteiger partial charge in [-0.3, -0.25) is 9.97 Å². The van der Waals surface area contributed by atoms with E-state index >= 15 is 0 Å². The van der Waals surface area contributed by atoms with Crippen molar-refractivity contribution in [2.75, 3.05) is 6.61 Å². The van der Waals surface area contributed by atoms with Gasteiger partial charge in [-0.2, -0.15) is 0 Å². The molecule has 0 saturated carbocycles. The van der Waals surface area contributed by atoms with Crippen molar-refractivity contribution in [2.45, 2.75) is 39.0 Å². The highest BCUT2D eigenvalue weighted by Crippen LogP contribution is 2.40. The van der Waals surface area contributed by atoms with Crippen LogP contribution >= 0.6 is 0 Å². The van der Waals surface area contributed by atoms with Gasteiger partial charge in [-0.1, -0.05) is 0 Å². The minimum atomic E-state index is 0.381. The summed E-state index contributed by atoms with van der Waals surface area (Å²) in [5, 5.41) is 0. The molecule has 1 aliphatic carbocycles. The number of pyridine rings is 2. The molecule has 2 aliphatic rings. The molecule has 1 aliphatic heterocycles. The predicted molar refractivity (Wildman–Crippen MR) is 77.3 cm³/mol. The Kier molecular flexibility index (Phi) is 2.56. The van der Waals surface area contributed by atoms with E-state index in [1.807, 2.05) is 6.20 Å². The fraction of sp³-hybridized carbons (Fsp3) is 0.412. The normalized spacial score (nSPS) is 19.6. The van der Waals surface area contributed by atoms with Gasteiger partial charge in [0.15, 0.2) is 0 Å². The maximum Gasteiger partial charge on any atom is 0.126 e. The average molecular weight is 266 g/mol. The lowest BCUT2D eigenvalue weighted by Gasteiger charge is -2.15. The number of aromatic nitrogens is 2. The van der Waals surface area contributed by atoms with Gasteiger partial charge in [0.05, 0.1) is 12.3 Å². The van der Waals surface area contributed by atoms with Crippen LogP contribution in [0.3, 0.4) is 0 Å². The van der Waals surface area contributed by atoms with Crippen molar-refractivity contribution in [3.05, 3.63) is 52.1 Å². The molecule has 0 N–H and O–H groups in total. The standard InChI is InChI=1S/C17H18N2O/c1-10-13-6-8-20-16(13)9-15(19-10)14-4-3-12-5-7-18-11(2)17(12)14/h5,7,9,14H,3-4,6,8H2,1-2H3. The molecule has 1 unspecified atom stereocenters. The molecule has 2 aromatic heterocycles. The quantitative estimate of drug-likeness (QED) is 0.795. The Morgan fingerprint density at radius 2 is 2.10 bits per heavy atom. The second-order valence-corrected chi connectivity index (χ2v) is 5.77. The minimum absolute atomic E-state index is 0.381. The molecule has 3 nitrogen and oxygen atoms in total. The van der Waals surface area contributed by atoms with Gasteiger partial charge in [-0.25, -0.2) is 0 Å². The van der Waals surface area contributed by atoms with Crippen molar-refractivity contribution < 1.29 is 4.74 Å². The average Bonchev–Trinajstić information content (AvgIpc) is 3.04. The van der Waals surface area contributed by atoms with E-state index in [1.165, 1.54) is 16.7 Å². The summed E-state index contributed by atoms with van der Waals surface area (Å²) in [5.74, 6) is 1.43. The molecule has 0 saturated heterocycles. The summed E-state index contributed by atoms with van der Waals surface area (Å²) in [4.78, 5) is 9.32. The Balaban J connectivity index is 1.83. The molecule has 1 atom stereocenters. The first-order valence-corrected chi connectivity index (χ1v) is 7.31. The van der Waals surface area contributed by atoms with E-state index < -0.39 is 0 Å². The Bertz CT molecular complexity index is 694. The Morgan fingerprint density at radius 1 is 1.20 bits per heavy atom. The van der Waals surface area contributed by atoms with Crippen LogP contribution in [-0.4, -0.2) is 16.6 Å². The maximum absolute atomic E-state index is 5.74. The number of hydrogen-bond acceptors (Lipinski definition) is 3. The van der Waals surface area contributed by atoms with Crippen molar-refractivity contribution in [2.24, 2.45) is 0 Å². The van der Waals surface area contributed by atoms with Crippen molar-refractivity contribution in [3.8, 4) is 5.75 Å². The lowest BCUT2D eigenvalue weighted by atomic mass is 9.95. The Morgan fingerprint density at radius 3 is 3.00 bits per heavy atom. The van der Waals surface area contributed by atoms with Crippen molar-refractivity contribution >= 4 is 0 Å². The zero-order valence-corrected chi connectivity index (χ0v) is 11.9. The van der Waals surface area contributed by atoms with Crippen LogP contribution in [0.5, 0.6) is 5.75 Å². The van der Waals surface area contributed by atoms with Gasteiger partial charge in [0.25, 0.3) is 0 Å². The van der Waals surface area contributed by atoms with Crippen LogP contribution in [0, 0.1) is 13.8 Å². The van der Waals surface area contributed by atoms with Gasteiger partial charge in [0.1, 0.15) is 5.75 Å². The summed E-state index contributed by atoms with van der Waals surface area (Å²) < 4.78 is 5.74. The second kappa shape index (κ2) is 4.30. The van der Waals surface area contributed by atoms with Crippen LogP contribution in [0.4, 0.5) is 0 Å². The van der Waals surface area contributed by atoms with E-state index in [1.54, 1.807) is 0 Å². The summed E-state index contributed by atoms with van der Waals surface area (Å²) in [6.07, 6.45) is 5.17. The third-order valence-electron chi connectivity index (χ3n) is 4.61. The number of rotatable bonds is 1. The molecule has 3 heterocycles. The second-order valence-electron chi connectivity index (χ2n) is 5.77. The molecule has 0 fully saturated rings. The van der Waals surface area contributed by atoms with E-state index in [0.717, 1.165) is 48.7 Å². The Labute approximate surface area is 119 Å². The van der Waals surface area contributed by atoms with E-state index in [0.29, 0.717) is 5.92 Å². The van der Waals surface area contributed by atoms with Crippen LogP contribution in [0.25, 0.3) is 0 Å². The topological polar surface area (TPSA) is 35.0 Å². The monoisotopic (exact) mass is 266 g/mol. The molecule has 102 valence electrons. The summed E-state index contributed by atoms with van der Waals surface area (Å²) >= 11 is 0. The van der Waals surface area contributed by atoms with Gasteiger partial charge in [0, 0.05) is 41.6 Å². The summed E-state index contributed by atoms with van der Waals surface area (Å²) in [5.41, 5.74) is 7.53. The van der Waals surface area contributed by atoms with Crippen LogP contribution in [0.1, 0.15) is 46.1 Å². The van der Waals surface area contributed by atoms with Crippen molar-refractivity contribution in [3.63, 3.8) is 0 Å². The first kappa shape index (κ1) is 11.9. The molecule has 0 bridgehead atoms. The molecule has 20 heavy (non-hydrogen) atoms. The van der Waals surface area contributed by atoms with E-state index in [-0.39, 0.29) is 0 Å². The number of aryl methyl sites for hydroxylation is 3. The lowest BCUT2D eigenvalue weighted by molar-refractivity contribution is 0.356. The first-order chi connectivity index (χ1) is 9.74. The fourth-order valence-electron chi connectivity index (χ4n) is 3.63. The first-order valence-electron chi connectivity index (χ1n) is 7.31.